The summed E-state index contributed by atoms with van der Waals surface area (Å²) in [5.74, 6) is 0.330. The number of carbonyl (C=O) groups excluding carboxylic acids is 2. The van der Waals surface area contributed by atoms with E-state index in [1.165, 1.54) is 9.80 Å². The number of hydrogen-bond acceptors (Lipinski definition) is 3. The molecule has 0 unspecified atom stereocenters. The average Bonchev–Trinajstić information content (AvgIpc) is 2.51. The standard InChI is InChI=1S/C15H18ClN3O3/c1-17-4-6-18(7-5-17)14(20)9-19-12-8-11(16)2-3-13(12)22-10-15(19)21/h2-3,8H,4-7,9-10H2,1H3/p+1. The number of halogens is 1. The maximum Gasteiger partial charge on any atom is 0.265 e. The number of likely N-dealkylation sites (N-methyl/N-ethyl adjacent to an activating group) is 1. The van der Waals surface area contributed by atoms with Crippen LogP contribution in [0.4, 0.5) is 5.69 Å². The molecular weight excluding hydrogens is 306 g/mol. The highest BCUT2D eigenvalue weighted by atomic mass is 35.5. The maximum absolute atomic E-state index is 12.5. The summed E-state index contributed by atoms with van der Waals surface area (Å²) in [7, 11) is 2.12. The van der Waals surface area contributed by atoms with Gasteiger partial charge in [-0.25, -0.2) is 0 Å². The number of nitrogens with one attached hydrogen (secondary N) is 1. The summed E-state index contributed by atoms with van der Waals surface area (Å²) in [6.07, 6.45) is 0. The second kappa shape index (κ2) is 6.14. The SMILES string of the molecule is C[NH+]1CCN(C(=O)CN2C(=O)COc3ccc(Cl)cc32)CC1. The lowest BCUT2D eigenvalue weighted by Gasteiger charge is -2.33. The van der Waals surface area contributed by atoms with E-state index in [1.54, 1.807) is 18.2 Å². The van der Waals surface area contributed by atoms with E-state index in [-0.39, 0.29) is 25.0 Å². The smallest absolute Gasteiger partial charge is 0.265 e. The molecule has 3 rings (SSSR count). The zero-order valence-electron chi connectivity index (χ0n) is 12.5. The van der Waals surface area contributed by atoms with Gasteiger partial charge in [0.2, 0.25) is 5.91 Å². The van der Waals surface area contributed by atoms with Crippen LogP contribution in [0.5, 0.6) is 5.75 Å². The van der Waals surface area contributed by atoms with Crippen molar-refractivity contribution in [2.75, 3.05) is 51.3 Å². The van der Waals surface area contributed by atoms with Gasteiger partial charge >= 0.3 is 0 Å². The molecule has 1 fully saturated rings. The van der Waals surface area contributed by atoms with E-state index < -0.39 is 0 Å². The van der Waals surface area contributed by atoms with Crippen molar-refractivity contribution in [1.29, 1.82) is 0 Å². The highest BCUT2D eigenvalue weighted by Gasteiger charge is 2.30. The van der Waals surface area contributed by atoms with E-state index in [9.17, 15) is 9.59 Å². The van der Waals surface area contributed by atoms with Gasteiger partial charge in [-0.05, 0) is 18.2 Å². The maximum atomic E-state index is 12.5. The topological polar surface area (TPSA) is 54.3 Å². The molecule has 0 saturated carbocycles. The molecule has 2 amide bonds. The third-order valence-corrected chi connectivity index (χ3v) is 4.36. The third kappa shape index (κ3) is 3.03. The molecule has 2 aliphatic rings. The highest BCUT2D eigenvalue weighted by Crippen LogP contribution is 2.34. The van der Waals surface area contributed by atoms with Crippen molar-refractivity contribution in [1.82, 2.24) is 4.90 Å². The number of fused-ring (bicyclic) bond motifs is 1. The van der Waals surface area contributed by atoms with Crippen LogP contribution in [0.2, 0.25) is 5.02 Å². The fourth-order valence-corrected chi connectivity index (χ4v) is 2.89. The summed E-state index contributed by atoms with van der Waals surface area (Å²) < 4.78 is 5.38. The minimum absolute atomic E-state index is 0.0336. The monoisotopic (exact) mass is 324 g/mol. The molecule has 0 aliphatic carbocycles. The van der Waals surface area contributed by atoms with E-state index in [0.29, 0.717) is 16.5 Å². The molecule has 0 atom stereocenters. The van der Waals surface area contributed by atoms with Crippen LogP contribution in [0.1, 0.15) is 0 Å². The number of piperazine rings is 1. The van der Waals surface area contributed by atoms with E-state index >= 15 is 0 Å². The Bertz CT molecular complexity index is 600. The molecule has 0 aromatic heterocycles. The van der Waals surface area contributed by atoms with Gasteiger partial charge in [0.1, 0.15) is 12.3 Å². The first kappa shape index (κ1) is 15.1. The summed E-state index contributed by atoms with van der Waals surface area (Å²) in [6, 6.07) is 5.09. The van der Waals surface area contributed by atoms with Crippen molar-refractivity contribution >= 4 is 29.1 Å². The number of anilines is 1. The van der Waals surface area contributed by atoms with Gasteiger partial charge in [-0.15, -0.1) is 0 Å². The molecule has 1 saturated heterocycles. The molecule has 22 heavy (non-hydrogen) atoms. The molecule has 1 N–H and O–H groups in total. The summed E-state index contributed by atoms with van der Waals surface area (Å²) in [6.45, 7) is 3.32. The Morgan fingerprint density at radius 3 is 2.82 bits per heavy atom. The molecule has 2 aliphatic heterocycles. The number of benzene rings is 1. The number of rotatable bonds is 2. The van der Waals surface area contributed by atoms with Gasteiger partial charge in [0.05, 0.1) is 38.9 Å². The van der Waals surface area contributed by atoms with Crippen molar-refractivity contribution in [3.05, 3.63) is 23.2 Å². The number of nitrogens with zero attached hydrogens (tertiary/aromatic N) is 2. The first-order valence-corrected chi connectivity index (χ1v) is 7.74. The summed E-state index contributed by atoms with van der Waals surface area (Å²) in [4.78, 5) is 29.3. The molecular formula is C15H19ClN3O3+. The predicted molar refractivity (Wildman–Crippen MR) is 82.5 cm³/mol. The number of carbonyl (C=O) groups is 2. The van der Waals surface area contributed by atoms with Gasteiger partial charge in [0.25, 0.3) is 5.91 Å². The van der Waals surface area contributed by atoms with Crippen LogP contribution in [0, 0.1) is 0 Å². The quantitative estimate of drug-likeness (QED) is 0.792. The number of hydrogen-bond donors (Lipinski definition) is 1. The largest absolute Gasteiger partial charge is 0.482 e. The molecule has 2 heterocycles. The summed E-state index contributed by atoms with van der Waals surface area (Å²) in [5.41, 5.74) is 0.567. The van der Waals surface area contributed by atoms with Crippen molar-refractivity contribution in [3.63, 3.8) is 0 Å². The van der Waals surface area contributed by atoms with Gasteiger partial charge in [-0.2, -0.15) is 0 Å². The fraction of sp³-hybridized carbons (Fsp3) is 0.467. The number of ether oxygens (including phenoxy) is 1. The van der Waals surface area contributed by atoms with Crippen LogP contribution in [-0.2, 0) is 9.59 Å². The molecule has 0 spiro atoms. The lowest BCUT2D eigenvalue weighted by Crippen LogP contribution is -3.12. The highest BCUT2D eigenvalue weighted by molar-refractivity contribution is 6.31. The van der Waals surface area contributed by atoms with Crippen molar-refractivity contribution in [3.8, 4) is 5.75 Å². The molecule has 118 valence electrons. The normalized spacial score (nSPS) is 18.9. The second-order valence-corrected chi connectivity index (χ2v) is 6.15. The van der Waals surface area contributed by atoms with E-state index in [2.05, 4.69) is 7.05 Å². The van der Waals surface area contributed by atoms with Crippen LogP contribution in [-0.4, -0.2) is 63.1 Å². The van der Waals surface area contributed by atoms with Crippen LogP contribution in [0.15, 0.2) is 18.2 Å². The number of quaternary nitrogens is 1. The van der Waals surface area contributed by atoms with Gasteiger partial charge < -0.3 is 14.5 Å². The van der Waals surface area contributed by atoms with Crippen molar-refractivity contribution < 1.29 is 19.2 Å². The Balaban J connectivity index is 1.75. The molecule has 7 heteroatoms. The molecule has 1 aromatic carbocycles. The Kier molecular flexibility index (Phi) is 4.22. The molecule has 6 nitrogen and oxygen atoms in total. The Hall–Kier alpha value is -1.79. The first-order chi connectivity index (χ1) is 10.5. The minimum Gasteiger partial charge on any atom is -0.482 e. The zero-order chi connectivity index (χ0) is 15.7. The van der Waals surface area contributed by atoms with Gasteiger partial charge in [0.15, 0.2) is 6.61 Å². The third-order valence-electron chi connectivity index (χ3n) is 4.13. The summed E-state index contributed by atoms with van der Waals surface area (Å²) in [5, 5.41) is 0.512. The van der Waals surface area contributed by atoms with Crippen LogP contribution >= 0.6 is 11.6 Å². The number of amides is 2. The van der Waals surface area contributed by atoms with E-state index in [1.807, 2.05) is 4.90 Å². The average molecular weight is 325 g/mol. The minimum atomic E-state index is -0.220. The predicted octanol–water partition coefficient (Wildman–Crippen LogP) is -0.578. The van der Waals surface area contributed by atoms with Gasteiger partial charge in [-0.3, -0.25) is 14.5 Å². The molecule has 0 radical (unpaired) electrons. The summed E-state index contributed by atoms with van der Waals surface area (Å²) >= 11 is 6.00. The lowest BCUT2D eigenvalue weighted by atomic mass is 10.2. The zero-order valence-corrected chi connectivity index (χ0v) is 13.2. The Labute approximate surface area is 134 Å². The van der Waals surface area contributed by atoms with Crippen molar-refractivity contribution in [2.24, 2.45) is 0 Å². The molecule has 1 aromatic rings. The van der Waals surface area contributed by atoms with Crippen LogP contribution in [0.3, 0.4) is 0 Å². The first-order valence-electron chi connectivity index (χ1n) is 7.36. The van der Waals surface area contributed by atoms with Crippen LogP contribution in [0.25, 0.3) is 0 Å². The molecule has 0 bridgehead atoms. The fourth-order valence-electron chi connectivity index (χ4n) is 2.72. The van der Waals surface area contributed by atoms with Gasteiger partial charge in [-0.1, -0.05) is 11.6 Å². The Morgan fingerprint density at radius 1 is 1.36 bits per heavy atom. The van der Waals surface area contributed by atoms with E-state index in [4.69, 9.17) is 16.3 Å². The van der Waals surface area contributed by atoms with Gasteiger partial charge in [0, 0.05) is 5.02 Å². The van der Waals surface area contributed by atoms with E-state index in [0.717, 1.165) is 26.2 Å². The van der Waals surface area contributed by atoms with Crippen LogP contribution < -0.4 is 14.5 Å². The lowest BCUT2D eigenvalue weighted by molar-refractivity contribution is -0.883. The van der Waals surface area contributed by atoms with Crippen molar-refractivity contribution in [2.45, 2.75) is 0 Å². The Morgan fingerprint density at radius 2 is 2.09 bits per heavy atom. The second-order valence-electron chi connectivity index (χ2n) is 5.72.